The van der Waals surface area contributed by atoms with Gasteiger partial charge in [0, 0.05) is 13.1 Å². The molecule has 1 aromatic rings. The summed E-state index contributed by atoms with van der Waals surface area (Å²) in [5.74, 6) is 0.857. The maximum absolute atomic E-state index is 12.1. The van der Waals surface area contributed by atoms with Crippen LogP contribution in [0.1, 0.15) is 18.4 Å². The maximum atomic E-state index is 12.1. The first-order valence-corrected chi connectivity index (χ1v) is 8.09. The topological polar surface area (TPSA) is 50.8 Å². The lowest BCUT2D eigenvalue weighted by Crippen LogP contribution is -2.49. The lowest BCUT2D eigenvalue weighted by molar-refractivity contribution is -0.0270. The zero-order chi connectivity index (χ0) is 15.2. The van der Waals surface area contributed by atoms with Gasteiger partial charge < -0.3 is 19.7 Å². The van der Waals surface area contributed by atoms with Crippen molar-refractivity contribution in [2.75, 3.05) is 32.8 Å². The first kappa shape index (κ1) is 15.3. The zero-order valence-electron chi connectivity index (χ0n) is 12.9. The SMILES string of the molecule is O=C(OCc1ccccc1)N1CCOC(CNCC2CC2)C1. The maximum Gasteiger partial charge on any atom is 0.410 e. The summed E-state index contributed by atoms with van der Waals surface area (Å²) in [6.45, 7) is 3.98. The molecule has 1 saturated heterocycles. The number of carbonyl (C=O) groups excluding carboxylic acids is 1. The average molecular weight is 304 g/mol. The molecule has 0 aromatic heterocycles. The quantitative estimate of drug-likeness (QED) is 0.873. The molecule has 0 spiro atoms. The molecule has 1 unspecified atom stereocenters. The molecular weight excluding hydrogens is 280 g/mol. The van der Waals surface area contributed by atoms with E-state index in [9.17, 15) is 4.79 Å². The summed E-state index contributed by atoms with van der Waals surface area (Å²) < 4.78 is 11.1. The predicted octanol–water partition coefficient (Wildman–Crippen LogP) is 2.02. The molecule has 1 atom stereocenters. The average Bonchev–Trinajstić information content (AvgIpc) is 3.38. The highest BCUT2D eigenvalue weighted by Gasteiger charge is 2.26. The Bertz CT molecular complexity index is 476. The Hall–Kier alpha value is -1.59. The van der Waals surface area contributed by atoms with Crippen molar-refractivity contribution in [1.29, 1.82) is 0 Å². The molecule has 1 N–H and O–H groups in total. The monoisotopic (exact) mass is 304 g/mol. The van der Waals surface area contributed by atoms with Crippen molar-refractivity contribution in [2.24, 2.45) is 5.92 Å². The number of hydrogen-bond acceptors (Lipinski definition) is 4. The van der Waals surface area contributed by atoms with Crippen LogP contribution >= 0.6 is 0 Å². The highest BCUT2D eigenvalue weighted by atomic mass is 16.6. The third kappa shape index (κ3) is 4.71. The summed E-state index contributed by atoms with van der Waals surface area (Å²) in [5.41, 5.74) is 1.01. The summed E-state index contributed by atoms with van der Waals surface area (Å²) in [4.78, 5) is 13.9. The molecule has 1 aromatic carbocycles. The van der Waals surface area contributed by atoms with Crippen molar-refractivity contribution in [3.63, 3.8) is 0 Å². The molecule has 3 rings (SSSR count). The van der Waals surface area contributed by atoms with Crippen LogP contribution in [0.2, 0.25) is 0 Å². The van der Waals surface area contributed by atoms with Crippen molar-refractivity contribution in [3.8, 4) is 0 Å². The van der Waals surface area contributed by atoms with Crippen LogP contribution in [0.5, 0.6) is 0 Å². The van der Waals surface area contributed by atoms with E-state index in [-0.39, 0.29) is 12.2 Å². The van der Waals surface area contributed by atoms with E-state index in [1.54, 1.807) is 4.90 Å². The smallest absolute Gasteiger partial charge is 0.410 e. The van der Waals surface area contributed by atoms with Gasteiger partial charge in [-0.15, -0.1) is 0 Å². The van der Waals surface area contributed by atoms with Crippen molar-refractivity contribution >= 4 is 6.09 Å². The van der Waals surface area contributed by atoms with E-state index >= 15 is 0 Å². The van der Waals surface area contributed by atoms with Crippen molar-refractivity contribution in [2.45, 2.75) is 25.6 Å². The standard InChI is InChI=1S/C17H24N2O3/c20-17(22-13-15-4-2-1-3-5-15)19-8-9-21-16(12-19)11-18-10-14-6-7-14/h1-5,14,16,18H,6-13H2. The number of morpholine rings is 1. The molecule has 1 aliphatic carbocycles. The largest absolute Gasteiger partial charge is 0.445 e. The molecule has 1 saturated carbocycles. The van der Waals surface area contributed by atoms with E-state index in [4.69, 9.17) is 9.47 Å². The third-order valence-corrected chi connectivity index (χ3v) is 4.10. The lowest BCUT2D eigenvalue weighted by atomic mass is 10.2. The highest BCUT2D eigenvalue weighted by molar-refractivity contribution is 5.67. The normalized spacial score (nSPS) is 21.6. The van der Waals surface area contributed by atoms with Gasteiger partial charge in [0.15, 0.2) is 0 Å². The van der Waals surface area contributed by atoms with E-state index in [1.807, 2.05) is 30.3 Å². The molecule has 120 valence electrons. The summed E-state index contributed by atoms with van der Waals surface area (Å²) >= 11 is 0. The Morgan fingerprint density at radius 3 is 2.86 bits per heavy atom. The van der Waals surface area contributed by atoms with Gasteiger partial charge in [-0.05, 0) is 30.9 Å². The Morgan fingerprint density at radius 1 is 1.27 bits per heavy atom. The molecule has 2 fully saturated rings. The van der Waals surface area contributed by atoms with E-state index in [1.165, 1.54) is 12.8 Å². The molecule has 1 aliphatic heterocycles. The number of hydrogen-bond donors (Lipinski definition) is 1. The van der Waals surface area contributed by atoms with Gasteiger partial charge in [-0.2, -0.15) is 0 Å². The number of rotatable bonds is 6. The van der Waals surface area contributed by atoms with Gasteiger partial charge >= 0.3 is 6.09 Å². The number of nitrogens with one attached hydrogen (secondary N) is 1. The molecule has 5 heteroatoms. The number of nitrogens with zero attached hydrogens (tertiary/aromatic N) is 1. The predicted molar refractivity (Wildman–Crippen MR) is 83.5 cm³/mol. The minimum absolute atomic E-state index is 0.0665. The van der Waals surface area contributed by atoms with Crippen LogP contribution in [0.4, 0.5) is 4.79 Å². The van der Waals surface area contributed by atoms with Crippen molar-refractivity contribution < 1.29 is 14.3 Å². The minimum atomic E-state index is -0.251. The van der Waals surface area contributed by atoms with Crippen LogP contribution in [-0.2, 0) is 16.1 Å². The molecule has 1 amide bonds. The number of benzene rings is 1. The van der Waals surface area contributed by atoms with Crippen LogP contribution in [0.25, 0.3) is 0 Å². The van der Waals surface area contributed by atoms with Gasteiger partial charge in [-0.3, -0.25) is 0 Å². The first-order chi connectivity index (χ1) is 10.8. The highest BCUT2D eigenvalue weighted by Crippen LogP contribution is 2.27. The van der Waals surface area contributed by atoms with Gasteiger partial charge in [0.2, 0.25) is 0 Å². The molecule has 0 radical (unpaired) electrons. The summed E-state index contributed by atoms with van der Waals surface area (Å²) in [7, 11) is 0. The second kappa shape index (κ2) is 7.61. The number of ether oxygens (including phenoxy) is 2. The van der Waals surface area contributed by atoms with Gasteiger partial charge in [0.05, 0.1) is 19.3 Å². The Kier molecular flexibility index (Phi) is 5.29. The molecule has 5 nitrogen and oxygen atoms in total. The third-order valence-electron chi connectivity index (χ3n) is 4.10. The molecule has 0 bridgehead atoms. The van der Waals surface area contributed by atoms with Gasteiger partial charge in [-0.25, -0.2) is 4.79 Å². The fourth-order valence-electron chi connectivity index (χ4n) is 2.59. The summed E-state index contributed by atoms with van der Waals surface area (Å²) in [6.07, 6.45) is 2.50. The van der Waals surface area contributed by atoms with E-state index in [0.717, 1.165) is 24.6 Å². The van der Waals surface area contributed by atoms with Crippen LogP contribution in [0.3, 0.4) is 0 Å². The van der Waals surface area contributed by atoms with Crippen LogP contribution in [0, 0.1) is 5.92 Å². The Labute approximate surface area is 131 Å². The Balaban J connectivity index is 1.39. The first-order valence-electron chi connectivity index (χ1n) is 8.09. The van der Waals surface area contributed by atoms with Gasteiger partial charge in [-0.1, -0.05) is 30.3 Å². The van der Waals surface area contributed by atoms with Crippen LogP contribution in [-0.4, -0.2) is 49.9 Å². The zero-order valence-corrected chi connectivity index (χ0v) is 12.9. The number of carbonyl (C=O) groups is 1. The fourth-order valence-corrected chi connectivity index (χ4v) is 2.59. The molecule has 1 heterocycles. The van der Waals surface area contributed by atoms with Gasteiger partial charge in [0.25, 0.3) is 0 Å². The van der Waals surface area contributed by atoms with E-state index in [0.29, 0.717) is 26.3 Å². The van der Waals surface area contributed by atoms with Crippen LogP contribution < -0.4 is 5.32 Å². The lowest BCUT2D eigenvalue weighted by Gasteiger charge is -2.32. The van der Waals surface area contributed by atoms with Crippen LogP contribution in [0.15, 0.2) is 30.3 Å². The van der Waals surface area contributed by atoms with E-state index in [2.05, 4.69) is 5.32 Å². The fraction of sp³-hybridized carbons (Fsp3) is 0.588. The molecule has 22 heavy (non-hydrogen) atoms. The van der Waals surface area contributed by atoms with Crippen molar-refractivity contribution in [1.82, 2.24) is 10.2 Å². The second-order valence-electron chi connectivity index (χ2n) is 6.08. The second-order valence-corrected chi connectivity index (χ2v) is 6.08. The summed E-state index contributed by atoms with van der Waals surface area (Å²) in [6, 6.07) is 9.75. The van der Waals surface area contributed by atoms with Crippen molar-refractivity contribution in [3.05, 3.63) is 35.9 Å². The summed E-state index contributed by atoms with van der Waals surface area (Å²) in [5, 5.41) is 3.43. The van der Waals surface area contributed by atoms with Gasteiger partial charge in [0.1, 0.15) is 6.61 Å². The number of amides is 1. The molecule has 2 aliphatic rings. The minimum Gasteiger partial charge on any atom is -0.445 e. The Morgan fingerprint density at radius 2 is 2.09 bits per heavy atom. The van der Waals surface area contributed by atoms with E-state index < -0.39 is 0 Å². The molecular formula is C17H24N2O3.